The third kappa shape index (κ3) is 2.51. The van der Waals surface area contributed by atoms with Crippen molar-refractivity contribution in [2.24, 2.45) is 0 Å². The van der Waals surface area contributed by atoms with E-state index in [1.807, 2.05) is 38.1 Å². The van der Waals surface area contributed by atoms with Gasteiger partial charge in [0.2, 0.25) is 0 Å². The Kier molecular flexibility index (Phi) is 3.41. The molecule has 1 aliphatic heterocycles. The van der Waals surface area contributed by atoms with Crippen molar-refractivity contribution in [3.05, 3.63) is 47.2 Å². The number of oxazole rings is 1. The molecule has 110 valence electrons. The van der Waals surface area contributed by atoms with E-state index in [4.69, 9.17) is 4.42 Å². The molecule has 1 atom stereocenters. The smallest absolute Gasteiger partial charge is 0.311 e. The zero-order valence-corrected chi connectivity index (χ0v) is 12.2. The van der Waals surface area contributed by atoms with E-state index in [9.17, 15) is 9.90 Å². The molecule has 0 amide bonds. The largest absolute Gasteiger partial charge is 0.481 e. The molecule has 0 radical (unpaired) electrons. The van der Waals surface area contributed by atoms with Crippen molar-refractivity contribution in [3.8, 4) is 0 Å². The summed E-state index contributed by atoms with van der Waals surface area (Å²) in [6, 6.07) is 7.72. The summed E-state index contributed by atoms with van der Waals surface area (Å²) >= 11 is 0. The van der Waals surface area contributed by atoms with Gasteiger partial charge in [-0.2, -0.15) is 0 Å². The van der Waals surface area contributed by atoms with E-state index in [1.54, 1.807) is 0 Å². The van der Waals surface area contributed by atoms with E-state index < -0.39 is 11.9 Å². The number of anilines is 1. The minimum atomic E-state index is -0.754. The summed E-state index contributed by atoms with van der Waals surface area (Å²) in [4.78, 5) is 18.0. The van der Waals surface area contributed by atoms with E-state index in [-0.39, 0.29) is 0 Å². The third-order valence-corrected chi connectivity index (χ3v) is 3.98. The number of aliphatic carboxylic acids is 1. The van der Waals surface area contributed by atoms with Gasteiger partial charge in [-0.05, 0) is 25.0 Å². The molecule has 0 bridgehead atoms. The SMILES string of the molecule is Cc1nc(CN2CCC(C(=O)O)c3ccccc32)c(C)o1. The molecule has 1 aliphatic rings. The first kappa shape index (κ1) is 13.7. The van der Waals surface area contributed by atoms with Crippen LogP contribution in [0.2, 0.25) is 0 Å². The molecule has 1 N–H and O–H groups in total. The number of rotatable bonds is 3. The van der Waals surface area contributed by atoms with Gasteiger partial charge in [0, 0.05) is 19.2 Å². The summed E-state index contributed by atoms with van der Waals surface area (Å²) in [6.07, 6.45) is 0.613. The van der Waals surface area contributed by atoms with Crippen LogP contribution in [0.5, 0.6) is 0 Å². The number of hydrogen-bond acceptors (Lipinski definition) is 4. The minimum Gasteiger partial charge on any atom is -0.481 e. The Morgan fingerprint density at radius 3 is 2.86 bits per heavy atom. The van der Waals surface area contributed by atoms with Crippen LogP contribution in [-0.2, 0) is 11.3 Å². The second kappa shape index (κ2) is 5.24. The molecule has 0 fully saturated rings. The standard InChI is InChI=1S/C16H18N2O3/c1-10-14(17-11(2)21-10)9-18-8-7-13(16(19)20)12-5-3-4-6-15(12)18/h3-6,13H,7-9H2,1-2H3,(H,19,20). The molecule has 1 aromatic carbocycles. The molecule has 2 heterocycles. The lowest BCUT2D eigenvalue weighted by Crippen LogP contribution is -2.33. The van der Waals surface area contributed by atoms with Crippen LogP contribution in [0.25, 0.3) is 0 Å². The first-order valence-corrected chi connectivity index (χ1v) is 7.06. The first-order chi connectivity index (χ1) is 10.1. The molecule has 1 aromatic heterocycles. The summed E-state index contributed by atoms with van der Waals surface area (Å²) in [6.45, 7) is 5.10. The lowest BCUT2D eigenvalue weighted by molar-refractivity contribution is -0.139. The molecule has 0 saturated heterocycles. The van der Waals surface area contributed by atoms with Crippen molar-refractivity contribution in [1.29, 1.82) is 0 Å². The quantitative estimate of drug-likeness (QED) is 0.939. The summed E-state index contributed by atoms with van der Waals surface area (Å²) in [5, 5.41) is 9.36. The molecule has 2 aromatic rings. The number of fused-ring (bicyclic) bond motifs is 1. The Hall–Kier alpha value is -2.30. The fraction of sp³-hybridized carbons (Fsp3) is 0.375. The Balaban J connectivity index is 1.92. The number of nitrogens with zero attached hydrogens (tertiary/aromatic N) is 2. The van der Waals surface area contributed by atoms with Crippen LogP contribution in [-0.4, -0.2) is 22.6 Å². The molecular weight excluding hydrogens is 268 g/mol. The summed E-state index contributed by atoms with van der Waals surface area (Å²) in [5.41, 5.74) is 2.78. The molecule has 1 unspecified atom stereocenters. The Morgan fingerprint density at radius 2 is 2.19 bits per heavy atom. The molecule has 0 spiro atoms. The zero-order chi connectivity index (χ0) is 15.0. The number of hydrogen-bond donors (Lipinski definition) is 1. The van der Waals surface area contributed by atoms with E-state index >= 15 is 0 Å². The average Bonchev–Trinajstić information content (AvgIpc) is 2.77. The van der Waals surface area contributed by atoms with Gasteiger partial charge in [0.05, 0.1) is 12.5 Å². The first-order valence-electron chi connectivity index (χ1n) is 7.06. The van der Waals surface area contributed by atoms with Gasteiger partial charge >= 0.3 is 5.97 Å². The van der Waals surface area contributed by atoms with Crippen molar-refractivity contribution < 1.29 is 14.3 Å². The highest BCUT2D eigenvalue weighted by molar-refractivity contribution is 5.80. The topological polar surface area (TPSA) is 66.6 Å². The second-order valence-electron chi connectivity index (χ2n) is 5.40. The number of carbonyl (C=O) groups is 1. The highest BCUT2D eigenvalue weighted by atomic mass is 16.4. The molecular formula is C16H18N2O3. The Bertz CT molecular complexity index is 678. The van der Waals surface area contributed by atoms with Gasteiger partial charge in [-0.15, -0.1) is 0 Å². The van der Waals surface area contributed by atoms with Crippen LogP contribution >= 0.6 is 0 Å². The van der Waals surface area contributed by atoms with E-state index in [2.05, 4.69) is 9.88 Å². The third-order valence-electron chi connectivity index (χ3n) is 3.98. The van der Waals surface area contributed by atoms with Crippen molar-refractivity contribution in [3.63, 3.8) is 0 Å². The van der Waals surface area contributed by atoms with Crippen LogP contribution in [0, 0.1) is 13.8 Å². The van der Waals surface area contributed by atoms with E-state index in [0.29, 0.717) is 25.4 Å². The predicted octanol–water partition coefficient (Wildman–Crippen LogP) is 2.87. The predicted molar refractivity (Wildman–Crippen MR) is 78.5 cm³/mol. The number of benzene rings is 1. The maximum Gasteiger partial charge on any atom is 0.311 e. The van der Waals surface area contributed by atoms with Crippen molar-refractivity contribution >= 4 is 11.7 Å². The number of aromatic nitrogens is 1. The maximum atomic E-state index is 11.4. The highest BCUT2D eigenvalue weighted by Crippen LogP contribution is 2.36. The lowest BCUT2D eigenvalue weighted by Gasteiger charge is -2.33. The molecule has 0 aliphatic carbocycles. The van der Waals surface area contributed by atoms with Crippen molar-refractivity contribution in [2.45, 2.75) is 32.7 Å². The highest BCUT2D eigenvalue weighted by Gasteiger charge is 2.30. The number of aryl methyl sites for hydroxylation is 2. The number of carboxylic acid groups (broad SMARTS) is 1. The van der Waals surface area contributed by atoms with Crippen LogP contribution < -0.4 is 4.90 Å². The van der Waals surface area contributed by atoms with E-state index in [0.717, 1.165) is 22.7 Å². The minimum absolute atomic E-state index is 0.419. The summed E-state index contributed by atoms with van der Waals surface area (Å²) < 4.78 is 5.47. The van der Waals surface area contributed by atoms with Crippen LogP contribution in [0.4, 0.5) is 5.69 Å². The van der Waals surface area contributed by atoms with Crippen LogP contribution in [0.1, 0.15) is 35.2 Å². The van der Waals surface area contributed by atoms with Gasteiger partial charge in [0.1, 0.15) is 11.5 Å². The number of carboxylic acids is 1. The number of para-hydroxylation sites is 1. The zero-order valence-electron chi connectivity index (χ0n) is 12.2. The lowest BCUT2D eigenvalue weighted by atomic mass is 9.90. The fourth-order valence-corrected chi connectivity index (χ4v) is 2.95. The molecule has 5 heteroatoms. The second-order valence-corrected chi connectivity index (χ2v) is 5.40. The maximum absolute atomic E-state index is 11.4. The van der Waals surface area contributed by atoms with Gasteiger partial charge in [0.15, 0.2) is 5.89 Å². The molecule has 3 rings (SSSR count). The summed E-state index contributed by atoms with van der Waals surface area (Å²) in [5.74, 6) is 0.315. The van der Waals surface area contributed by atoms with Gasteiger partial charge in [-0.3, -0.25) is 4.79 Å². The van der Waals surface area contributed by atoms with Gasteiger partial charge in [-0.25, -0.2) is 4.98 Å². The average molecular weight is 286 g/mol. The summed E-state index contributed by atoms with van der Waals surface area (Å²) in [7, 11) is 0. The fourth-order valence-electron chi connectivity index (χ4n) is 2.95. The van der Waals surface area contributed by atoms with Gasteiger partial charge < -0.3 is 14.4 Å². The Labute approximate surface area is 123 Å². The van der Waals surface area contributed by atoms with E-state index in [1.165, 1.54) is 0 Å². The molecule has 21 heavy (non-hydrogen) atoms. The van der Waals surface area contributed by atoms with Crippen LogP contribution in [0.15, 0.2) is 28.7 Å². The van der Waals surface area contributed by atoms with Gasteiger partial charge in [0.25, 0.3) is 0 Å². The monoisotopic (exact) mass is 286 g/mol. The van der Waals surface area contributed by atoms with Crippen LogP contribution in [0.3, 0.4) is 0 Å². The van der Waals surface area contributed by atoms with Crippen molar-refractivity contribution in [1.82, 2.24) is 4.98 Å². The Morgan fingerprint density at radius 1 is 1.43 bits per heavy atom. The van der Waals surface area contributed by atoms with Gasteiger partial charge in [-0.1, -0.05) is 18.2 Å². The molecule has 5 nitrogen and oxygen atoms in total. The molecule has 0 saturated carbocycles. The van der Waals surface area contributed by atoms with Crippen molar-refractivity contribution in [2.75, 3.05) is 11.4 Å². The normalized spacial score (nSPS) is 17.6.